The highest BCUT2D eigenvalue weighted by atomic mass is 35.5. The largest absolute Gasteiger partial charge is 0.462 e. The van der Waals surface area contributed by atoms with Crippen LogP contribution in [0.25, 0.3) is 0 Å². The second kappa shape index (κ2) is 7.69. The summed E-state index contributed by atoms with van der Waals surface area (Å²) in [5.74, 6) is -0.554. The minimum absolute atomic E-state index is 0.207. The molecule has 0 aliphatic rings. The van der Waals surface area contributed by atoms with Gasteiger partial charge < -0.3 is 10.1 Å². The predicted molar refractivity (Wildman–Crippen MR) is 93.8 cm³/mol. The standard InChI is InChI=1S/C16H22ClN5O3/c1-6-12(22-10(4)13(17)9(3)20-22)15(23)19-14-11(8-18-21(14)5)16(24)25-7-2/h8,12H,6-7H2,1-5H3,(H,19,23). The molecule has 2 aromatic rings. The third kappa shape index (κ3) is 3.68. The van der Waals surface area contributed by atoms with Crippen molar-refractivity contribution in [2.45, 2.75) is 40.2 Å². The lowest BCUT2D eigenvalue weighted by Crippen LogP contribution is -2.28. The van der Waals surface area contributed by atoms with Crippen LogP contribution in [0.3, 0.4) is 0 Å². The minimum atomic E-state index is -0.559. The molecule has 1 N–H and O–H groups in total. The molecule has 1 unspecified atom stereocenters. The topological polar surface area (TPSA) is 91.0 Å². The SMILES string of the molecule is CCOC(=O)c1cnn(C)c1NC(=O)C(CC)n1nc(C)c(Cl)c1C. The third-order valence-electron chi connectivity index (χ3n) is 3.90. The van der Waals surface area contributed by atoms with Crippen molar-refractivity contribution in [3.8, 4) is 0 Å². The van der Waals surface area contributed by atoms with Gasteiger partial charge in [0.2, 0.25) is 5.91 Å². The smallest absolute Gasteiger partial charge is 0.343 e. The van der Waals surface area contributed by atoms with Crippen LogP contribution in [0, 0.1) is 13.8 Å². The van der Waals surface area contributed by atoms with Crippen LogP contribution in [0.1, 0.15) is 48.1 Å². The van der Waals surface area contributed by atoms with Gasteiger partial charge in [-0.15, -0.1) is 0 Å². The van der Waals surface area contributed by atoms with E-state index in [2.05, 4.69) is 15.5 Å². The maximum atomic E-state index is 12.8. The van der Waals surface area contributed by atoms with Gasteiger partial charge in [-0.25, -0.2) is 4.79 Å². The molecule has 0 saturated heterocycles. The van der Waals surface area contributed by atoms with Crippen molar-refractivity contribution < 1.29 is 14.3 Å². The fourth-order valence-electron chi connectivity index (χ4n) is 2.56. The molecule has 1 amide bonds. The summed E-state index contributed by atoms with van der Waals surface area (Å²) >= 11 is 6.18. The molecule has 0 radical (unpaired) electrons. The second-order valence-corrected chi connectivity index (χ2v) is 5.97. The first-order valence-electron chi connectivity index (χ1n) is 8.02. The number of esters is 1. The molecule has 0 aromatic carbocycles. The maximum Gasteiger partial charge on any atom is 0.343 e. The van der Waals surface area contributed by atoms with Crippen LogP contribution in [0.5, 0.6) is 0 Å². The molecule has 2 rings (SSSR count). The van der Waals surface area contributed by atoms with Crippen molar-refractivity contribution in [1.82, 2.24) is 19.6 Å². The first kappa shape index (κ1) is 19.0. The van der Waals surface area contributed by atoms with E-state index >= 15 is 0 Å². The molecule has 0 bridgehead atoms. The number of carbonyl (C=O) groups is 2. The van der Waals surface area contributed by atoms with E-state index in [0.29, 0.717) is 17.1 Å². The van der Waals surface area contributed by atoms with E-state index in [4.69, 9.17) is 16.3 Å². The number of nitrogens with zero attached hydrogens (tertiary/aromatic N) is 4. The Morgan fingerprint density at radius 2 is 2.04 bits per heavy atom. The molecule has 2 aromatic heterocycles. The Morgan fingerprint density at radius 3 is 2.56 bits per heavy atom. The number of aryl methyl sites for hydroxylation is 2. The Balaban J connectivity index is 2.30. The van der Waals surface area contributed by atoms with Gasteiger partial charge in [0, 0.05) is 7.05 Å². The maximum absolute atomic E-state index is 12.8. The molecule has 0 aliphatic carbocycles. The number of amides is 1. The van der Waals surface area contributed by atoms with Crippen molar-refractivity contribution in [3.05, 3.63) is 28.2 Å². The van der Waals surface area contributed by atoms with Gasteiger partial charge in [0.25, 0.3) is 0 Å². The highest BCUT2D eigenvalue weighted by Crippen LogP contribution is 2.25. The monoisotopic (exact) mass is 367 g/mol. The lowest BCUT2D eigenvalue weighted by molar-refractivity contribution is -0.119. The fourth-order valence-corrected chi connectivity index (χ4v) is 2.68. The highest BCUT2D eigenvalue weighted by molar-refractivity contribution is 6.31. The molecule has 0 aliphatic heterocycles. The van der Waals surface area contributed by atoms with Crippen LogP contribution in [-0.4, -0.2) is 38.0 Å². The normalized spacial score (nSPS) is 12.1. The van der Waals surface area contributed by atoms with Gasteiger partial charge in [0.05, 0.1) is 29.2 Å². The zero-order valence-electron chi connectivity index (χ0n) is 15.0. The molecule has 136 valence electrons. The lowest BCUT2D eigenvalue weighted by atomic mass is 10.2. The van der Waals surface area contributed by atoms with Crippen LogP contribution < -0.4 is 5.32 Å². The molecule has 1 atom stereocenters. The molecule has 8 nitrogen and oxygen atoms in total. The minimum Gasteiger partial charge on any atom is -0.462 e. The Kier molecular flexibility index (Phi) is 5.84. The van der Waals surface area contributed by atoms with Crippen LogP contribution in [0.15, 0.2) is 6.20 Å². The number of hydrogen-bond acceptors (Lipinski definition) is 5. The zero-order valence-corrected chi connectivity index (χ0v) is 15.7. The Morgan fingerprint density at radius 1 is 1.36 bits per heavy atom. The number of nitrogens with one attached hydrogen (secondary N) is 1. The van der Waals surface area contributed by atoms with Crippen LogP contribution in [-0.2, 0) is 16.6 Å². The summed E-state index contributed by atoms with van der Waals surface area (Å²) < 4.78 is 8.02. The van der Waals surface area contributed by atoms with Gasteiger partial charge in [-0.2, -0.15) is 10.2 Å². The molecule has 0 spiro atoms. The zero-order chi connectivity index (χ0) is 18.7. The summed E-state index contributed by atoms with van der Waals surface area (Å²) in [7, 11) is 1.64. The number of carbonyl (C=O) groups excluding carboxylic acids is 2. The van der Waals surface area contributed by atoms with E-state index in [9.17, 15) is 9.59 Å². The van der Waals surface area contributed by atoms with Crippen molar-refractivity contribution in [1.29, 1.82) is 0 Å². The van der Waals surface area contributed by atoms with Crippen molar-refractivity contribution >= 4 is 29.3 Å². The van der Waals surface area contributed by atoms with Gasteiger partial charge in [-0.1, -0.05) is 18.5 Å². The summed E-state index contributed by atoms with van der Waals surface area (Å²) in [5.41, 5.74) is 1.59. The van der Waals surface area contributed by atoms with E-state index in [-0.39, 0.29) is 23.9 Å². The number of anilines is 1. The number of ether oxygens (including phenoxy) is 1. The summed E-state index contributed by atoms with van der Waals surface area (Å²) in [4.78, 5) is 24.8. The second-order valence-electron chi connectivity index (χ2n) is 5.59. The van der Waals surface area contributed by atoms with E-state index < -0.39 is 12.0 Å². The molecule has 2 heterocycles. The van der Waals surface area contributed by atoms with E-state index in [1.807, 2.05) is 13.8 Å². The molecule has 0 saturated carbocycles. The van der Waals surface area contributed by atoms with Gasteiger partial charge in [0.1, 0.15) is 17.4 Å². The van der Waals surface area contributed by atoms with E-state index in [1.165, 1.54) is 10.9 Å². The number of hydrogen-bond donors (Lipinski definition) is 1. The van der Waals surface area contributed by atoms with Gasteiger partial charge >= 0.3 is 5.97 Å². The van der Waals surface area contributed by atoms with E-state index in [0.717, 1.165) is 5.69 Å². The summed E-state index contributed by atoms with van der Waals surface area (Å²) in [6.45, 7) is 7.43. The summed E-state index contributed by atoms with van der Waals surface area (Å²) in [5, 5.41) is 11.7. The predicted octanol–water partition coefficient (Wildman–Crippen LogP) is 2.65. The fraction of sp³-hybridized carbons (Fsp3) is 0.500. The lowest BCUT2D eigenvalue weighted by Gasteiger charge is -2.18. The van der Waals surface area contributed by atoms with Crippen molar-refractivity contribution in [3.63, 3.8) is 0 Å². The van der Waals surface area contributed by atoms with Gasteiger partial charge in [-0.3, -0.25) is 14.2 Å². The Hall–Kier alpha value is -2.35. The molecule has 0 fully saturated rings. The molecule has 9 heteroatoms. The molecular formula is C16H22ClN5O3. The van der Waals surface area contributed by atoms with Gasteiger partial charge in [0.15, 0.2) is 0 Å². The Labute approximate surface area is 151 Å². The van der Waals surface area contributed by atoms with Crippen molar-refractivity contribution in [2.24, 2.45) is 7.05 Å². The Bertz CT molecular complexity index is 796. The van der Waals surface area contributed by atoms with Crippen LogP contribution >= 0.6 is 11.6 Å². The summed E-state index contributed by atoms with van der Waals surface area (Å²) in [6.07, 6.45) is 1.88. The average molecular weight is 368 g/mol. The number of halogens is 1. The van der Waals surface area contributed by atoms with Crippen LogP contribution in [0.4, 0.5) is 5.82 Å². The third-order valence-corrected chi connectivity index (χ3v) is 4.44. The number of rotatable bonds is 6. The molecule has 25 heavy (non-hydrogen) atoms. The van der Waals surface area contributed by atoms with Crippen molar-refractivity contribution in [2.75, 3.05) is 11.9 Å². The molecular weight excluding hydrogens is 346 g/mol. The first-order chi connectivity index (χ1) is 11.8. The highest BCUT2D eigenvalue weighted by Gasteiger charge is 2.26. The first-order valence-corrected chi connectivity index (χ1v) is 8.40. The van der Waals surface area contributed by atoms with E-state index in [1.54, 1.807) is 25.6 Å². The summed E-state index contributed by atoms with van der Waals surface area (Å²) in [6, 6.07) is -0.559. The average Bonchev–Trinajstić information content (AvgIpc) is 3.04. The van der Waals surface area contributed by atoms with Crippen LogP contribution in [0.2, 0.25) is 5.02 Å². The number of aromatic nitrogens is 4. The van der Waals surface area contributed by atoms with Gasteiger partial charge in [-0.05, 0) is 27.2 Å². The quantitative estimate of drug-likeness (QED) is 0.792.